The van der Waals surface area contributed by atoms with Gasteiger partial charge in [0.1, 0.15) is 5.75 Å². The van der Waals surface area contributed by atoms with Gasteiger partial charge in [0.25, 0.3) is 0 Å². The largest absolute Gasteiger partial charge is 0.573 e. The van der Waals surface area contributed by atoms with Gasteiger partial charge in [-0.15, -0.1) is 13.2 Å². The molecule has 0 aliphatic rings. The number of alkyl halides is 3. The molecule has 2 atom stereocenters. The van der Waals surface area contributed by atoms with Crippen LogP contribution in [0.4, 0.5) is 13.2 Å². The average molecular weight is 309 g/mol. The maximum atomic E-state index is 12.2. The van der Waals surface area contributed by atoms with E-state index in [1.54, 1.807) is 13.0 Å². The highest BCUT2D eigenvalue weighted by atomic mass is 32.2. The first-order valence-corrected chi connectivity index (χ1v) is 7.18. The first kappa shape index (κ1) is 17.0. The summed E-state index contributed by atoms with van der Waals surface area (Å²) in [5.74, 6) is -0.287. The van der Waals surface area contributed by atoms with Crippen molar-refractivity contribution in [3.05, 3.63) is 29.8 Å². The van der Waals surface area contributed by atoms with Gasteiger partial charge in [0.15, 0.2) is 0 Å². The molecule has 0 unspecified atom stereocenters. The minimum absolute atomic E-state index is 0.287. The minimum atomic E-state index is -4.72. The summed E-state index contributed by atoms with van der Waals surface area (Å²) in [6.45, 7) is 7.17. The van der Waals surface area contributed by atoms with E-state index in [2.05, 4.69) is 9.46 Å². The number of benzene rings is 1. The van der Waals surface area contributed by atoms with Gasteiger partial charge in [0.2, 0.25) is 0 Å². The van der Waals surface area contributed by atoms with Crippen molar-refractivity contribution in [2.24, 2.45) is 0 Å². The van der Waals surface area contributed by atoms with Crippen LogP contribution in [0, 0.1) is 0 Å². The predicted octanol–water partition coefficient (Wildman–Crippen LogP) is 3.70. The molecule has 0 bridgehead atoms. The number of halogens is 3. The molecule has 0 heterocycles. The molecule has 1 aromatic carbocycles. The molecule has 0 amide bonds. The molecule has 0 saturated heterocycles. The highest BCUT2D eigenvalue weighted by molar-refractivity contribution is 7.84. The van der Waals surface area contributed by atoms with Crippen molar-refractivity contribution in [1.82, 2.24) is 4.72 Å². The summed E-state index contributed by atoms with van der Waals surface area (Å²) in [5.41, 5.74) is 0.573. The molecule has 0 saturated carbocycles. The molecule has 1 N–H and O–H groups in total. The second-order valence-electron chi connectivity index (χ2n) is 5.34. The minimum Gasteiger partial charge on any atom is -0.406 e. The zero-order valence-electron chi connectivity index (χ0n) is 11.7. The van der Waals surface area contributed by atoms with E-state index in [4.69, 9.17) is 0 Å². The Hall–Kier alpha value is -1.08. The highest BCUT2D eigenvalue weighted by Crippen LogP contribution is 2.26. The van der Waals surface area contributed by atoms with Gasteiger partial charge in [-0.1, -0.05) is 12.1 Å². The van der Waals surface area contributed by atoms with Crippen LogP contribution in [0.3, 0.4) is 0 Å². The van der Waals surface area contributed by atoms with E-state index in [-0.39, 0.29) is 11.8 Å². The Labute approximate surface area is 119 Å². The van der Waals surface area contributed by atoms with Crippen molar-refractivity contribution in [1.29, 1.82) is 0 Å². The maximum absolute atomic E-state index is 12.2. The second-order valence-corrected chi connectivity index (χ2v) is 7.34. The van der Waals surface area contributed by atoms with E-state index in [0.29, 0.717) is 5.56 Å². The maximum Gasteiger partial charge on any atom is 0.573 e. The smallest absolute Gasteiger partial charge is 0.406 e. The SMILES string of the molecule is C[C@@H](N[S@](=O)C(C)(C)C)c1cccc(OC(F)(F)F)c1. The van der Waals surface area contributed by atoms with Crippen molar-refractivity contribution in [2.75, 3.05) is 0 Å². The molecule has 0 aliphatic carbocycles. The van der Waals surface area contributed by atoms with Gasteiger partial charge >= 0.3 is 6.36 Å². The first-order valence-electron chi connectivity index (χ1n) is 6.03. The van der Waals surface area contributed by atoms with Crippen LogP contribution in [-0.4, -0.2) is 15.3 Å². The molecule has 7 heteroatoms. The molecule has 1 rings (SSSR count). The van der Waals surface area contributed by atoms with E-state index >= 15 is 0 Å². The lowest BCUT2D eigenvalue weighted by Gasteiger charge is -2.22. The van der Waals surface area contributed by atoms with Crippen LogP contribution >= 0.6 is 0 Å². The molecule has 0 aliphatic heterocycles. The van der Waals surface area contributed by atoms with E-state index in [9.17, 15) is 17.4 Å². The molecule has 0 fully saturated rings. The van der Waals surface area contributed by atoms with Crippen LogP contribution < -0.4 is 9.46 Å². The zero-order valence-corrected chi connectivity index (χ0v) is 12.6. The molecular weight excluding hydrogens is 291 g/mol. The fourth-order valence-corrected chi connectivity index (χ4v) is 2.20. The molecule has 0 spiro atoms. The molecule has 114 valence electrons. The number of hydrogen-bond donors (Lipinski definition) is 1. The number of ether oxygens (including phenoxy) is 1. The normalized spacial score (nSPS) is 15.8. The van der Waals surface area contributed by atoms with Crippen LogP contribution in [0.1, 0.15) is 39.3 Å². The third-order valence-electron chi connectivity index (χ3n) is 2.43. The monoisotopic (exact) mass is 309 g/mol. The molecular formula is C13H18F3NO2S. The summed E-state index contributed by atoms with van der Waals surface area (Å²) in [4.78, 5) is 0. The molecule has 20 heavy (non-hydrogen) atoms. The predicted molar refractivity (Wildman–Crippen MR) is 72.6 cm³/mol. The van der Waals surface area contributed by atoms with Gasteiger partial charge in [0.05, 0.1) is 15.7 Å². The summed E-state index contributed by atoms with van der Waals surface area (Å²) in [5, 5.41) is 0. The van der Waals surface area contributed by atoms with Crippen molar-refractivity contribution in [3.63, 3.8) is 0 Å². The first-order chi connectivity index (χ1) is 8.99. The van der Waals surface area contributed by atoms with Crippen molar-refractivity contribution in [2.45, 2.75) is 44.8 Å². The number of hydrogen-bond acceptors (Lipinski definition) is 2. The van der Waals surface area contributed by atoms with E-state index in [1.807, 2.05) is 20.8 Å². The average Bonchev–Trinajstić information content (AvgIpc) is 2.25. The molecule has 0 radical (unpaired) electrons. The van der Waals surface area contributed by atoms with Crippen LogP contribution in [-0.2, 0) is 11.0 Å². The van der Waals surface area contributed by atoms with Gasteiger partial charge < -0.3 is 4.74 Å². The van der Waals surface area contributed by atoms with Crippen molar-refractivity contribution in [3.8, 4) is 5.75 Å². The Kier molecular flexibility index (Phi) is 5.21. The lowest BCUT2D eigenvalue weighted by molar-refractivity contribution is -0.274. The second kappa shape index (κ2) is 6.13. The topological polar surface area (TPSA) is 38.3 Å². The Morgan fingerprint density at radius 3 is 2.35 bits per heavy atom. The third kappa shape index (κ3) is 5.50. The highest BCUT2D eigenvalue weighted by Gasteiger charge is 2.31. The quantitative estimate of drug-likeness (QED) is 0.921. The van der Waals surface area contributed by atoms with Crippen molar-refractivity contribution >= 4 is 11.0 Å². The Bertz CT molecular complexity index is 483. The lowest BCUT2D eigenvalue weighted by Crippen LogP contribution is -2.34. The van der Waals surface area contributed by atoms with Gasteiger partial charge in [-0.3, -0.25) is 0 Å². The zero-order chi connectivity index (χ0) is 15.6. The van der Waals surface area contributed by atoms with E-state index in [1.165, 1.54) is 18.2 Å². The van der Waals surface area contributed by atoms with Crippen LogP contribution in [0.2, 0.25) is 0 Å². The number of nitrogens with one attached hydrogen (secondary N) is 1. The summed E-state index contributed by atoms with van der Waals surface area (Å²) in [7, 11) is -1.31. The van der Waals surface area contributed by atoms with Crippen molar-refractivity contribution < 1.29 is 22.1 Å². The lowest BCUT2D eigenvalue weighted by atomic mass is 10.1. The fourth-order valence-electron chi connectivity index (χ4n) is 1.39. The van der Waals surface area contributed by atoms with Crippen LogP contribution in [0.5, 0.6) is 5.75 Å². The number of rotatable bonds is 4. The van der Waals surface area contributed by atoms with E-state index in [0.717, 1.165) is 0 Å². The van der Waals surface area contributed by atoms with E-state index < -0.39 is 22.1 Å². The molecule has 3 nitrogen and oxygen atoms in total. The van der Waals surface area contributed by atoms with Gasteiger partial charge in [0, 0.05) is 6.04 Å². The van der Waals surface area contributed by atoms with Crippen LogP contribution in [0.15, 0.2) is 24.3 Å². The summed E-state index contributed by atoms with van der Waals surface area (Å²) >= 11 is 0. The Balaban J connectivity index is 2.81. The fraction of sp³-hybridized carbons (Fsp3) is 0.538. The van der Waals surface area contributed by atoms with Gasteiger partial charge in [-0.2, -0.15) is 0 Å². The molecule has 1 aromatic rings. The molecule has 0 aromatic heterocycles. The third-order valence-corrected chi connectivity index (χ3v) is 4.11. The summed E-state index contributed by atoms with van der Waals surface area (Å²) in [6.07, 6.45) is -4.72. The Morgan fingerprint density at radius 2 is 1.85 bits per heavy atom. The standard InChI is InChI=1S/C13H18F3NO2S/c1-9(17-20(18)12(2,3)4)10-6-5-7-11(8-10)19-13(14,15)16/h5-9,17H,1-4H3/t9-,20-/m1/s1. The summed E-state index contributed by atoms with van der Waals surface area (Å²) < 4.78 is 54.7. The van der Waals surface area contributed by atoms with Crippen LogP contribution in [0.25, 0.3) is 0 Å². The Morgan fingerprint density at radius 1 is 1.25 bits per heavy atom. The van der Waals surface area contributed by atoms with Gasteiger partial charge in [-0.25, -0.2) is 8.93 Å². The van der Waals surface area contributed by atoms with Gasteiger partial charge in [-0.05, 0) is 45.4 Å². The summed E-state index contributed by atoms with van der Waals surface area (Å²) in [6, 6.07) is 5.27.